The van der Waals surface area contributed by atoms with Gasteiger partial charge in [-0.25, -0.2) is 9.97 Å². The highest BCUT2D eigenvalue weighted by atomic mass is 35.5. The van der Waals surface area contributed by atoms with E-state index in [-0.39, 0.29) is 30.9 Å². The van der Waals surface area contributed by atoms with Gasteiger partial charge in [-0.1, -0.05) is 17.7 Å². The van der Waals surface area contributed by atoms with E-state index in [0.29, 0.717) is 10.8 Å². The van der Waals surface area contributed by atoms with Crippen LogP contribution in [0, 0.1) is 0 Å². The number of aliphatic hydroxyl groups is 1. The lowest BCUT2D eigenvalue weighted by molar-refractivity contribution is 0.0959. The van der Waals surface area contributed by atoms with Gasteiger partial charge in [0, 0.05) is 44.5 Å². The maximum atomic E-state index is 11.4. The summed E-state index contributed by atoms with van der Waals surface area (Å²) in [5.74, 6) is 0.827. The first kappa shape index (κ1) is 23.1. The summed E-state index contributed by atoms with van der Waals surface area (Å²) in [6.45, 7) is 0. The third-order valence-electron chi connectivity index (χ3n) is 6.05. The van der Waals surface area contributed by atoms with Gasteiger partial charge in [-0.05, 0) is 23.3 Å². The van der Waals surface area contributed by atoms with Gasteiger partial charge in [-0.2, -0.15) is 12.7 Å². The van der Waals surface area contributed by atoms with E-state index in [1.54, 1.807) is 13.2 Å². The van der Waals surface area contributed by atoms with E-state index in [2.05, 4.69) is 15.3 Å². The summed E-state index contributed by atoms with van der Waals surface area (Å²) >= 11 is 6.12. The van der Waals surface area contributed by atoms with E-state index in [0.717, 1.165) is 21.9 Å². The monoisotopic (exact) mass is 484 g/mol. The standard InChI is InChI=1S/C20H25ClN4O6S/c1-25(32(27,28)29)15-7-13(8-16(15)26)31-19-9-18(22-10-23-19)24-20-14-4-3-12(21)5-11(14)6-17(20)30-2/h3-5,9-10,13,15-17,20,26H,6-8H2,1-2H3,(H,22,23,24)(H,27,28,29)/t13-,15+,16+,17+,20-/m1/s1. The molecule has 4 rings (SSSR count). The molecule has 1 aromatic heterocycles. The minimum atomic E-state index is -4.41. The van der Waals surface area contributed by atoms with Crippen LogP contribution in [0.3, 0.4) is 0 Å². The number of fused-ring (bicyclic) bond motifs is 1. The Morgan fingerprint density at radius 3 is 2.75 bits per heavy atom. The number of likely N-dealkylation sites (N-methyl/N-ethyl adjacent to an activating group) is 1. The molecule has 2 aromatic rings. The van der Waals surface area contributed by atoms with Crippen LogP contribution in [-0.2, 0) is 21.5 Å². The Morgan fingerprint density at radius 1 is 1.25 bits per heavy atom. The van der Waals surface area contributed by atoms with E-state index in [9.17, 15) is 18.1 Å². The molecule has 1 aromatic carbocycles. The second kappa shape index (κ2) is 9.08. The molecule has 12 heteroatoms. The summed E-state index contributed by atoms with van der Waals surface area (Å²) in [4.78, 5) is 8.40. The van der Waals surface area contributed by atoms with Crippen molar-refractivity contribution < 1.29 is 27.6 Å². The van der Waals surface area contributed by atoms with E-state index in [1.807, 2.05) is 18.2 Å². The molecule has 2 aliphatic carbocycles. The number of aliphatic hydroxyl groups excluding tert-OH is 1. The molecule has 2 aliphatic rings. The Hall–Kier alpha value is -2.02. The fraction of sp³-hybridized carbons (Fsp3) is 0.500. The predicted molar refractivity (Wildman–Crippen MR) is 117 cm³/mol. The van der Waals surface area contributed by atoms with Gasteiger partial charge in [0.05, 0.1) is 24.3 Å². The number of methoxy groups -OCH3 is 1. The highest BCUT2D eigenvalue weighted by molar-refractivity contribution is 7.83. The first-order valence-corrected chi connectivity index (χ1v) is 11.9. The van der Waals surface area contributed by atoms with Gasteiger partial charge in [0.1, 0.15) is 18.2 Å². The molecule has 1 heterocycles. The van der Waals surface area contributed by atoms with Crippen LogP contribution in [0.25, 0.3) is 0 Å². The van der Waals surface area contributed by atoms with Crippen molar-refractivity contribution in [2.75, 3.05) is 19.5 Å². The molecule has 0 saturated heterocycles. The number of anilines is 1. The fourth-order valence-electron chi connectivity index (χ4n) is 4.40. The number of rotatable bonds is 7. The maximum absolute atomic E-state index is 11.4. The first-order chi connectivity index (χ1) is 15.2. The van der Waals surface area contributed by atoms with E-state index < -0.39 is 28.6 Å². The number of aromatic nitrogens is 2. The molecule has 1 fully saturated rings. The molecule has 0 unspecified atom stereocenters. The molecule has 0 spiro atoms. The molecule has 10 nitrogen and oxygen atoms in total. The second-order valence-electron chi connectivity index (χ2n) is 8.02. The topological polar surface area (TPSA) is 134 Å². The molecule has 32 heavy (non-hydrogen) atoms. The molecule has 1 saturated carbocycles. The lowest BCUT2D eigenvalue weighted by atomic mass is 10.1. The van der Waals surface area contributed by atoms with Gasteiger partial charge in [-0.3, -0.25) is 4.55 Å². The van der Waals surface area contributed by atoms with Crippen molar-refractivity contribution in [2.45, 2.75) is 49.7 Å². The Balaban J connectivity index is 1.46. The summed E-state index contributed by atoms with van der Waals surface area (Å²) in [6.07, 6.45) is 0.987. The fourth-order valence-corrected chi connectivity index (χ4v) is 5.16. The predicted octanol–water partition coefficient (Wildman–Crippen LogP) is 1.86. The number of nitrogens with zero attached hydrogens (tertiary/aromatic N) is 3. The van der Waals surface area contributed by atoms with Gasteiger partial charge in [-0.15, -0.1) is 0 Å². The van der Waals surface area contributed by atoms with Crippen LogP contribution in [0.15, 0.2) is 30.6 Å². The van der Waals surface area contributed by atoms with Crippen molar-refractivity contribution in [3.63, 3.8) is 0 Å². The Labute approximate surface area is 191 Å². The molecular weight excluding hydrogens is 460 g/mol. The average molecular weight is 485 g/mol. The van der Waals surface area contributed by atoms with Crippen LogP contribution in [0.4, 0.5) is 5.82 Å². The largest absolute Gasteiger partial charge is 0.474 e. The summed E-state index contributed by atoms with van der Waals surface area (Å²) in [5.41, 5.74) is 2.19. The lowest BCUT2D eigenvalue weighted by Gasteiger charge is -2.23. The molecular formula is C20H25ClN4O6S. The third kappa shape index (κ3) is 4.82. The van der Waals surface area contributed by atoms with Crippen LogP contribution in [0.1, 0.15) is 30.0 Å². The molecule has 0 bridgehead atoms. The van der Waals surface area contributed by atoms with Crippen molar-refractivity contribution in [3.8, 4) is 5.88 Å². The number of nitrogens with one attached hydrogen (secondary N) is 1. The molecule has 0 aliphatic heterocycles. The highest BCUT2D eigenvalue weighted by Gasteiger charge is 2.40. The summed E-state index contributed by atoms with van der Waals surface area (Å²) < 4.78 is 44.3. The molecule has 174 valence electrons. The van der Waals surface area contributed by atoms with E-state index in [4.69, 9.17) is 21.1 Å². The number of hydrogen-bond donors (Lipinski definition) is 3. The van der Waals surface area contributed by atoms with Crippen molar-refractivity contribution in [3.05, 3.63) is 46.7 Å². The number of ether oxygens (including phenoxy) is 2. The minimum Gasteiger partial charge on any atom is -0.474 e. The summed E-state index contributed by atoms with van der Waals surface area (Å²) in [5, 5.41) is 14.3. The third-order valence-corrected chi connectivity index (χ3v) is 7.29. The molecule has 5 atom stereocenters. The average Bonchev–Trinajstić information content (AvgIpc) is 3.26. The molecule has 0 radical (unpaired) electrons. The molecule has 0 amide bonds. The van der Waals surface area contributed by atoms with Crippen LogP contribution >= 0.6 is 11.6 Å². The van der Waals surface area contributed by atoms with E-state index >= 15 is 0 Å². The zero-order valence-corrected chi connectivity index (χ0v) is 19.1. The van der Waals surface area contributed by atoms with Crippen LogP contribution in [-0.4, -0.2) is 70.9 Å². The lowest BCUT2D eigenvalue weighted by Crippen LogP contribution is -2.41. The zero-order valence-electron chi connectivity index (χ0n) is 17.6. The van der Waals surface area contributed by atoms with Crippen molar-refractivity contribution >= 4 is 27.7 Å². The normalized spacial score (nSPS) is 27.5. The zero-order chi connectivity index (χ0) is 23.0. The van der Waals surface area contributed by atoms with Crippen molar-refractivity contribution in [1.82, 2.24) is 14.3 Å². The van der Waals surface area contributed by atoms with Gasteiger partial charge in [0.2, 0.25) is 5.88 Å². The van der Waals surface area contributed by atoms with Gasteiger partial charge in [0.25, 0.3) is 0 Å². The van der Waals surface area contributed by atoms with E-state index in [1.165, 1.54) is 13.4 Å². The minimum absolute atomic E-state index is 0.0931. The van der Waals surface area contributed by atoms with Crippen LogP contribution < -0.4 is 10.1 Å². The van der Waals surface area contributed by atoms with Gasteiger partial charge < -0.3 is 19.9 Å². The number of halogens is 1. The quantitative estimate of drug-likeness (QED) is 0.503. The maximum Gasteiger partial charge on any atom is 0.335 e. The summed E-state index contributed by atoms with van der Waals surface area (Å²) in [7, 11) is -1.53. The van der Waals surface area contributed by atoms with Crippen LogP contribution in [0.2, 0.25) is 5.02 Å². The Morgan fingerprint density at radius 2 is 2.03 bits per heavy atom. The molecule has 3 N–H and O–H groups in total. The first-order valence-electron chi connectivity index (χ1n) is 10.1. The van der Waals surface area contributed by atoms with Crippen LogP contribution in [0.5, 0.6) is 5.88 Å². The summed E-state index contributed by atoms with van der Waals surface area (Å²) in [6, 6.07) is 6.48. The number of hydrogen-bond acceptors (Lipinski definition) is 8. The second-order valence-corrected chi connectivity index (χ2v) is 9.93. The van der Waals surface area contributed by atoms with Gasteiger partial charge >= 0.3 is 10.3 Å². The van der Waals surface area contributed by atoms with Crippen molar-refractivity contribution in [1.29, 1.82) is 0 Å². The highest BCUT2D eigenvalue weighted by Crippen LogP contribution is 2.37. The van der Waals surface area contributed by atoms with Gasteiger partial charge in [0.15, 0.2) is 0 Å². The Bertz CT molecular complexity index is 1090. The smallest absolute Gasteiger partial charge is 0.335 e. The SMILES string of the molecule is CO[C@H]1Cc2cc(Cl)ccc2[C@H]1Nc1cc(O[C@H]2C[C@H](O)[C@@H](N(C)S(=O)(=O)O)C2)ncn1. The van der Waals surface area contributed by atoms with Crippen molar-refractivity contribution in [2.24, 2.45) is 0 Å². The number of benzene rings is 1. The Kier molecular flexibility index (Phi) is 6.57.